The zero-order chi connectivity index (χ0) is 20.1. The van der Waals surface area contributed by atoms with Crippen LogP contribution in [0.5, 0.6) is 0 Å². The largest absolute Gasteiger partial charge is 0.307 e. The van der Waals surface area contributed by atoms with Gasteiger partial charge >= 0.3 is 0 Å². The Morgan fingerprint density at radius 3 is 2.54 bits per heavy atom. The number of aromatic nitrogens is 2. The minimum Gasteiger partial charge on any atom is -0.307 e. The topological polar surface area (TPSA) is 81.1 Å². The predicted octanol–water partition coefficient (Wildman–Crippen LogP) is 4.13. The first-order valence-electron chi connectivity index (χ1n) is 8.80. The second-order valence-corrected chi connectivity index (χ2v) is 9.26. The number of hydrogen-bond acceptors (Lipinski definition) is 4. The maximum absolute atomic E-state index is 12.8. The summed E-state index contributed by atoms with van der Waals surface area (Å²) in [5, 5.41) is 7.03. The Morgan fingerprint density at radius 1 is 1.11 bits per heavy atom. The van der Waals surface area contributed by atoms with Crippen LogP contribution >= 0.6 is 15.9 Å². The van der Waals surface area contributed by atoms with Gasteiger partial charge in [-0.25, -0.2) is 13.1 Å². The Balaban J connectivity index is 1.84. The molecule has 6 nitrogen and oxygen atoms in total. The minimum absolute atomic E-state index is 0.00120. The number of carbonyl (C=O) groups excluding carboxylic acids is 1. The molecule has 0 unspecified atom stereocenters. The highest BCUT2D eigenvalue weighted by Gasteiger charge is 2.22. The Bertz CT molecular complexity index is 1080. The third kappa shape index (κ3) is 4.69. The summed E-state index contributed by atoms with van der Waals surface area (Å²) in [6.07, 6.45) is 2.08. The molecular formula is C20H20BrN3O3S. The molecule has 0 aliphatic heterocycles. The molecule has 0 saturated carbocycles. The molecule has 0 aliphatic carbocycles. The van der Waals surface area contributed by atoms with Crippen LogP contribution in [0.1, 0.15) is 29.3 Å². The summed E-state index contributed by atoms with van der Waals surface area (Å²) < 4.78 is 27.6. The highest BCUT2D eigenvalue weighted by atomic mass is 79.9. The highest BCUT2D eigenvalue weighted by Crippen LogP contribution is 2.20. The summed E-state index contributed by atoms with van der Waals surface area (Å²) in [7, 11) is -3.52. The Labute approximate surface area is 172 Å². The molecule has 1 heterocycles. The Hall–Kier alpha value is -2.45. The average molecular weight is 462 g/mol. The first kappa shape index (κ1) is 20.3. The van der Waals surface area contributed by atoms with E-state index in [1.165, 1.54) is 12.1 Å². The van der Waals surface area contributed by atoms with Gasteiger partial charge in [0.15, 0.2) is 9.84 Å². The molecule has 1 amide bonds. The Morgan fingerprint density at radius 2 is 1.82 bits per heavy atom. The first-order valence-corrected chi connectivity index (χ1v) is 11.2. The lowest BCUT2D eigenvalue weighted by molar-refractivity contribution is 0.102. The van der Waals surface area contributed by atoms with Gasteiger partial charge in [-0.05, 0) is 36.2 Å². The van der Waals surface area contributed by atoms with Gasteiger partial charge in [-0.3, -0.25) is 4.79 Å². The van der Waals surface area contributed by atoms with Crippen LogP contribution in [0, 0.1) is 0 Å². The number of halogens is 1. The van der Waals surface area contributed by atoms with E-state index in [1.54, 1.807) is 36.0 Å². The second-order valence-electron chi connectivity index (χ2n) is 6.27. The molecular weight excluding hydrogens is 442 g/mol. The monoisotopic (exact) mass is 461 g/mol. The van der Waals surface area contributed by atoms with Crippen LogP contribution in [0.15, 0.2) is 70.2 Å². The van der Waals surface area contributed by atoms with Gasteiger partial charge in [0.2, 0.25) is 0 Å². The van der Waals surface area contributed by atoms with E-state index in [0.29, 0.717) is 18.8 Å². The van der Waals surface area contributed by atoms with Crippen LogP contribution in [0.2, 0.25) is 0 Å². The molecule has 8 heteroatoms. The van der Waals surface area contributed by atoms with Crippen LogP contribution in [0.4, 0.5) is 5.82 Å². The second kappa shape index (κ2) is 8.70. The molecule has 0 bridgehead atoms. The number of amides is 1. The molecule has 3 aromatic rings. The number of nitrogens with one attached hydrogen (secondary N) is 1. The van der Waals surface area contributed by atoms with Crippen molar-refractivity contribution in [2.45, 2.75) is 24.8 Å². The van der Waals surface area contributed by atoms with E-state index in [4.69, 9.17) is 0 Å². The first-order chi connectivity index (χ1) is 13.4. The van der Waals surface area contributed by atoms with Crippen molar-refractivity contribution in [3.63, 3.8) is 0 Å². The number of carbonyl (C=O) groups is 1. The van der Waals surface area contributed by atoms with Crippen LogP contribution in [-0.2, 0) is 16.4 Å². The summed E-state index contributed by atoms with van der Waals surface area (Å²) in [6.45, 7) is 2.27. The summed E-state index contributed by atoms with van der Waals surface area (Å²) in [4.78, 5) is 12.9. The van der Waals surface area contributed by atoms with Crippen molar-refractivity contribution in [2.24, 2.45) is 0 Å². The molecule has 1 aromatic heterocycles. The lowest BCUT2D eigenvalue weighted by atomic mass is 10.2. The molecule has 28 heavy (non-hydrogen) atoms. The molecule has 3 rings (SSSR count). The summed E-state index contributed by atoms with van der Waals surface area (Å²) >= 11 is 3.40. The molecule has 0 atom stereocenters. The van der Waals surface area contributed by atoms with Crippen molar-refractivity contribution in [1.82, 2.24) is 9.78 Å². The van der Waals surface area contributed by atoms with Gasteiger partial charge in [0.25, 0.3) is 5.91 Å². The van der Waals surface area contributed by atoms with Crippen molar-refractivity contribution >= 4 is 37.5 Å². The lowest BCUT2D eigenvalue weighted by Gasteiger charge is -2.12. The van der Waals surface area contributed by atoms with Crippen LogP contribution in [-0.4, -0.2) is 29.9 Å². The van der Waals surface area contributed by atoms with Crippen molar-refractivity contribution in [1.29, 1.82) is 0 Å². The number of rotatable bonds is 7. The number of anilines is 1. The highest BCUT2D eigenvalue weighted by molar-refractivity contribution is 9.10. The maximum Gasteiger partial charge on any atom is 0.258 e. The van der Waals surface area contributed by atoms with Crippen molar-refractivity contribution in [3.8, 4) is 0 Å². The van der Waals surface area contributed by atoms with Crippen molar-refractivity contribution in [3.05, 3.63) is 76.4 Å². The zero-order valence-electron chi connectivity index (χ0n) is 15.3. The van der Waals surface area contributed by atoms with Crippen LogP contribution in [0.3, 0.4) is 0 Å². The average Bonchev–Trinajstić information content (AvgIpc) is 3.10. The predicted molar refractivity (Wildman–Crippen MR) is 112 cm³/mol. The number of sulfone groups is 1. The fourth-order valence-electron chi connectivity index (χ4n) is 2.82. The lowest BCUT2D eigenvalue weighted by Crippen LogP contribution is -2.19. The van der Waals surface area contributed by atoms with Crippen molar-refractivity contribution in [2.75, 3.05) is 11.1 Å². The van der Waals surface area contributed by atoms with E-state index < -0.39 is 15.7 Å². The molecule has 0 spiro atoms. The van der Waals surface area contributed by atoms with Gasteiger partial charge in [0, 0.05) is 10.5 Å². The van der Waals surface area contributed by atoms with E-state index in [9.17, 15) is 13.2 Å². The van der Waals surface area contributed by atoms with Gasteiger partial charge in [0.1, 0.15) is 5.82 Å². The molecule has 1 N–H and O–H groups in total. The van der Waals surface area contributed by atoms with Crippen LogP contribution < -0.4 is 5.32 Å². The van der Waals surface area contributed by atoms with Gasteiger partial charge in [-0.2, -0.15) is 5.10 Å². The fourth-order valence-corrected chi connectivity index (χ4v) is 4.62. The van der Waals surface area contributed by atoms with Gasteiger partial charge < -0.3 is 5.32 Å². The van der Waals surface area contributed by atoms with Gasteiger partial charge in [-0.15, -0.1) is 0 Å². The molecule has 0 saturated heterocycles. The Kier molecular flexibility index (Phi) is 6.31. The molecule has 0 aliphatic rings. The van der Waals surface area contributed by atoms with E-state index in [0.717, 1.165) is 10.0 Å². The van der Waals surface area contributed by atoms with E-state index in [1.807, 2.05) is 24.3 Å². The third-order valence-electron chi connectivity index (χ3n) is 4.14. The smallest absolute Gasteiger partial charge is 0.258 e. The van der Waals surface area contributed by atoms with E-state index in [-0.39, 0.29) is 16.2 Å². The van der Waals surface area contributed by atoms with Gasteiger partial charge in [-0.1, -0.05) is 47.1 Å². The van der Waals surface area contributed by atoms with E-state index in [2.05, 4.69) is 26.3 Å². The molecule has 146 valence electrons. The standard InChI is InChI=1S/C20H20BrN3O3S/c1-2-13-28(26,27)18-6-4-3-5-17(18)20(25)23-19-11-12-22-24(19)14-15-7-9-16(21)10-8-15/h3-12H,2,13-14H2,1H3,(H,23,25). The fraction of sp³-hybridized carbons (Fsp3) is 0.200. The van der Waals surface area contributed by atoms with Gasteiger partial charge in [0.05, 0.1) is 29.0 Å². The quantitative estimate of drug-likeness (QED) is 0.573. The van der Waals surface area contributed by atoms with Crippen molar-refractivity contribution < 1.29 is 13.2 Å². The van der Waals surface area contributed by atoms with E-state index >= 15 is 0 Å². The minimum atomic E-state index is -3.52. The summed E-state index contributed by atoms with van der Waals surface area (Å²) in [5.41, 5.74) is 1.15. The number of benzene rings is 2. The molecule has 0 radical (unpaired) electrons. The number of hydrogen-bond donors (Lipinski definition) is 1. The third-order valence-corrected chi connectivity index (χ3v) is 6.64. The van der Waals surface area contributed by atoms with Crippen LogP contribution in [0.25, 0.3) is 0 Å². The summed E-state index contributed by atoms with van der Waals surface area (Å²) in [5.74, 6) is 0.0159. The normalized spacial score (nSPS) is 11.4. The molecule has 0 fully saturated rings. The maximum atomic E-state index is 12.8. The number of nitrogens with zero attached hydrogens (tertiary/aromatic N) is 2. The SMILES string of the molecule is CCCS(=O)(=O)c1ccccc1C(=O)Nc1ccnn1Cc1ccc(Br)cc1. The summed E-state index contributed by atoms with van der Waals surface area (Å²) in [6, 6.07) is 15.7. The molecule has 2 aromatic carbocycles. The zero-order valence-corrected chi connectivity index (χ0v) is 17.7.